The molecule has 0 unspecified atom stereocenters. The normalized spacial score (nSPS) is 17.8. The third-order valence-electron chi connectivity index (χ3n) is 5.64. The van der Waals surface area contributed by atoms with Crippen molar-refractivity contribution in [3.05, 3.63) is 47.0 Å². The van der Waals surface area contributed by atoms with Gasteiger partial charge < -0.3 is 19.9 Å². The third kappa shape index (κ3) is 5.13. The summed E-state index contributed by atoms with van der Waals surface area (Å²) in [6.07, 6.45) is 3.43. The molecule has 2 N–H and O–H groups in total. The maximum Gasteiger partial charge on any atom is 0.191 e. The number of hydrogen-bond acceptors (Lipinski definition) is 5. The first-order chi connectivity index (χ1) is 14.3. The minimum atomic E-state index is 0.627. The zero-order chi connectivity index (χ0) is 19.9. The lowest BCUT2D eigenvalue weighted by Gasteiger charge is -2.27. The van der Waals surface area contributed by atoms with Gasteiger partial charge in [-0.25, -0.2) is 0 Å². The third-order valence-corrected chi connectivity index (χ3v) is 5.64. The molecule has 8 nitrogen and oxygen atoms in total. The van der Waals surface area contributed by atoms with Gasteiger partial charge in [-0.1, -0.05) is 24.3 Å². The van der Waals surface area contributed by atoms with E-state index in [4.69, 9.17) is 4.74 Å². The second-order valence-electron chi connectivity index (χ2n) is 7.58. The summed E-state index contributed by atoms with van der Waals surface area (Å²) in [5.41, 5.74) is 2.64. The lowest BCUT2D eigenvalue weighted by atomic mass is 10.1. The van der Waals surface area contributed by atoms with Gasteiger partial charge >= 0.3 is 0 Å². The van der Waals surface area contributed by atoms with E-state index in [1.165, 1.54) is 24.0 Å². The molecule has 0 atom stereocenters. The van der Waals surface area contributed by atoms with Gasteiger partial charge in [-0.15, -0.1) is 10.2 Å². The second kappa shape index (κ2) is 9.84. The Morgan fingerprint density at radius 2 is 1.83 bits per heavy atom. The van der Waals surface area contributed by atoms with Crippen LogP contribution in [0.3, 0.4) is 0 Å². The average Bonchev–Trinajstić information content (AvgIpc) is 3.19. The minimum absolute atomic E-state index is 0.627. The molecule has 0 radical (unpaired) electrons. The molecule has 2 aliphatic rings. The van der Waals surface area contributed by atoms with Crippen LogP contribution < -0.4 is 10.6 Å². The highest BCUT2D eigenvalue weighted by molar-refractivity contribution is 5.79. The molecule has 1 saturated heterocycles. The molecule has 1 aromatic heterocycles. The predicted molar refractivity (Wildman–Crippen MR) is 113 cm³/mol. The summed E-state index contributed by atoms with van der Waals surface area (Å²) >= 11 is 0. The van der Waals surface area contributed by atoms with Crippen LogP contribution in [0.15, 0.2) is 29.3 Å². The Morgan fingerprint density at radius 3 is 2.66 bits per heavy atom. The molecule has 8 heteroatoms. The number of hydrogen-bond donors (Lipinski definition) is 2. The van der Waals surface area contributed by atoms with Crippen LogP contribution in [0.5, 0.6) is 0 Å². The summed E-state index contributed by atoms with van der Waals surface area (Å²) in [4.78, 5) is 6.82. The molecule has 2 aromatic rings. The number of guanidine groups is 1. The van der Waals surface area contributed by atoms with E-state index in [1.807, 2.05) is 0 Å². The summed E-state index contributed by atoms with van der Waals surface area (Å²) in [6, 6.07) is 8.61. The van der Waals surface area contributed by atoms with E-state index in [0.29, 0.717) is 6.54 Å². The Bertz CT molecular complexity index is 826. The van der Waals surface area contributed by atoms with Gasteiger partial charge in [0.05, 0.1) is 19.8 Å². The van der Waals surface area contributed by atoms with Crippen molar-refractivity contribution in [2.45, 2.75) is 45.4 Å². The lowest BCUT2D eigenvalue weighted by molar-refractivity contribution is 0.0341. The van der Waals surface area contributed by atoms with Crippen molar-refractivity contribution in [1.82, 2.24) is 30.3 Å². The fourth-order valence-corrected chi connectivity index (χ4v) is 3.95. The van der Waals surface area contributed by atoms with Crippen molar-refractivity contribution in [3.8, 4) is 0 Å². The number of nitrogens with zero attached hydrogens (tertiary/aromatic N) is 5. The van der Waals surface area contributed by atoms with Gasteiger partial charge in [0, 0.05) is 46.2 Å². The highest BCUT2D eigenvalue weighted by Crippen LogP contribution is 2.14. The van der Waals surface area contributed by atoms with Crippen LogP contribution in [-0.4, -0.2) is 59.0 Å². The highest BCUT2D eigenvalue weighted by Gasteiger charge is 2.16. The van der Waals surface area contributed by atoms with Crippen LogP contribution >= 0.6 is 0 Å². The van der Waals surface area contributed by atoms with Crippen LogP contribution in [0, 0.1) is 0 Å². The van der Waals surface area contributed by atoms with E-state index >= 15 is 0 Å². The van der Waals surface area contributed by atoms with Gasteiger partial charge in [-0.05, 0) is 24.0 Å². The highest BCUT2D eigenvalue weighted by atomic mass is 16.5. The molecular formula is C21H31N7O. The molecule has 2 aliphatic heterocycles. The van der Waals surface area contributed by atoms with E-state index in [9.17, 15) is 0 Å². The van der Waals surface area contributed by atoms with Crippen LogP contribution in [0.2, 0.25) is 0 Å². The predicted octanol–water partition coefficient (Wildman–Crippen LogP) is 1.31. The number of nitrogens with one attached hydrogen (secondary N) is 2. The van der Waals surface area contributed by atoms with E-state index in [2.05, 4.69) is 59.6 Å². The maximum absolute atomic E-state index is 5.46. The first-order valence-corrected chi connectivity index (χ1v) is 10.6. The Labute approximate surface area is 172 Å². The fourth-order valence-electron chi connectivity index (χ4n) is 3.95. The standard InChI is InChI=1S/C21H31N7O/c1-22-21(24-15-20-26-25-19-8-4-5-9-28(19)20)23-14-17-6-2-3-7-18(17)16-27-10-12-29-13-11-27/h2-3,6-7H,4-5,8-16H2,1H3,(H2,22,23,24). The van der Waals surface area contributed by atoms with Crippen molar-refractivity contribution in [2.24, 2.45) is 4.99 Å². The van der Waals surface area contributed by atoms with E-state index in [0.717, 1.165) is 70.0 Å². The van der Waals surface area contributed by atoms with Gasteiger partial charge in [0.2, 0.25) is 0 Å². The van der Waals surface area contributed by atoms with Gasteiger partial charge in [-0.3, -0.25) is 9.89 Å². The van der Waals surface area contributed by atoms with E-state index in [1.54, 1.807) is 7.05 Å². The van der Waals surface area contributed by atoms with E-state index in [-0.39, 0.29) is 0 Å². The molecule has 4 rings (SSSR count). The molecule has 0 saturated carbocycles. The van der Waals surface area contributed by atoms with Crippen LogP contribution in [0.25, 0.3) is 0 Å². The number of ether oxygens (including phenoxy) is 1. The smallest absolute Gasteiger partial charge is 0.191 e. The summed E-state index contributed by atoms with van der Waals surface area (Å²) in [5.74, 6) is 2.86. The molecule has 0 amide bonds. The van der Waals surface area contributed by atoms with Gasteiger partial charge in [0.25, 0.3) is 0 Å². The Balaban J connectivity index is 1.32. The summed E-state index contributed by atoms with van der Waals surface area (Å²) in [7, 11) is 1.80. The number of aryl methyl sites for hydroxylation is 1. The number of fused-ring (bicyclic) bond motifs is 1. The van der Waals surface area contributed by atoms with E-state index < -0.39 is 0 Å². The molecule has 29 heavy (non-hydrogen) atoms. The number of benzene rings is 1. The van der Waals surface area contributed by atoms with Crippen LogP contribution in [-0.2, 0) is 37.3 Å². The van der Waals surface area contributed by atoms with Crippen molar-refractivity contribution in [3.63, 3.8) is 0 Å². The molecule has 3 heterocycles. The topological polar surface area (TPSA) is 79.6 Å². The summed E-state index contributed by atoms with van der Waals surface area (Å²) in [6.45, 7) is 6.97. The van der Waals surface area contributed by atoms with Gasteiger partial charge in [0.1, 0.15) is 5.82 Å². The van der Waals surface area contributed by atoms with Crippen molar-refractivity contribution in [2.75, 3.05) is 33.4 Å². The Morgan fingerprint density at radius 1 is 1.03 bits per heavy atom. The first-order valence-electron chi connectivity index (χ1n) is 10.6. The van der Waals surface area contributed by atoms with Gasteiger partial charge in [-0.2, -0.15) is 0 Å². The number of rotatable bonds is 6. The SMILES string of the molecule is CN=C(NCc1ccccc1CN1CCOCC1)NCc1nnc2n1CCCC2. The lowest BCUT2D eigenvalue weighted by Crippen LogP contribution is -2.38. The molecule has 0 spiro atoms. The molecular weight excluding hydrogens is 366 g/mol. The largest absolute Gasteiger partial charge is 0.379 e. The number of aromatic nitrogens is 3. The van der Waals surface area contributed by atoms with Crippen LogP contribution in [0.1, 0.15) is 35.6 Å². The first kappa shape index (κ1) is 19.8. The van der Waals surface area contributed by atoms with Crippen molar-refractivity contribution in [1.29, 1.82) is 0 Å². The minimum Gasteiger partial charge on any atom is -0.379 e. The Kier molecular flexibility index (Phi) is 6.74. The second-order valence-corrected chi connectivity index (χ2v) is 7.58. The summed E-state index contributed by atoms with van der Waals surface area (Å²) in [5, 5.41) is 15.5. The zero-order valence-corrected chi connectivity index (χ0v) is 17.2. The number of morpholine rings is 1. The maximum atomic E-state index is 5.46. The van der Waals surface area contributed by atoms with Crippen LogP contribution in [0.4, 0.5) is 0 Å². The van der Waals surface area contributed by atoms with Gasteiger partial charge in [0.15, 0.2) is 11.8 Å². The summed E-state index contributed by atoms with van der Waals surface area (Å²) < 4.78 is 7.70. The fraction of sp³-hybridized carbons (Fsp3) is 0.571. The monoisotopic (exact) mass is 397 g/mol. The molecule has 156 valence electrons. The molecule has 1 fully saturated rings. The molecule has 1 aromatic carbocycles. The molecule has 0 aliphatic carbocycles. The molecule has 0 bridgehead atoms. The van der Waals surface area contributed by atoms with Crippen molar-refractivity contribution >= 4 is 5.96 Å². The Hall–Kier alpha value is -2.45. The van der Waals surface area contributed by atoms with Crippen molar-refractivity contribution < 1.29 is 4.74 Å². The number of aliphatic imine (C=N–C) groups is 1. The average molecular weight is 398 g/mol. The zero-order valence-electron chi connectivity index (χ0n) is 17.2. The quantitative estimate of drug-likeness (QED) is 0.565.